The summed E-state index contributed by atoms with van der Waals surface area (Å²) in [6, 6.07) is 8.59. The molecule has 0 atom stereocenters. The molecule has 16 heavy (non-hydrogen) atoms. The van der Waals surface area contributed by atoms with E-state index in [-0.39, 0.29) is 0 Å². The lowest BCUT2D eigenvalue weighted by atomic mass is 10.0. The zero-order valence-corrected chi connectivity index (χ0v) is 9.96. The second-order valence-corrected chi connectivity index (χ2v) is 4.29. The highest BCUT2D eigenvalue weighted by molar-refractivity contribution is 5.25. The number of aryl methyl sites for hydroxylation is 4. The quantitative estimate of drug-likeness (QED) is 0.831. The average Bonchev–Trinajstić information content (AvgIpc) is 2.67. The van der Waals surface area contributed by atoms with Crippen LogP contribution in [-0.2, 0) is 12.8 Å². The fraction of sp³-hybridized carbons (Fsp3) is 0.357. The van der Waals surface area contributed by atoms with Crippen molar-refractivity contribution in [3.63, 3.8) is 0 Å². The lowest BCUT2D eigenvalue weighted by molar-refractivity contribution is 0.778. The van der Waals surface area contributed by atoms with Gasteiger partial charge in [0.15, 0.2) is 0 Å². The second kappa shape index (κ2) is 4.97. The van der Waals surface area contributed by atoms with E-state index in [1.807, 2.05) is 13.1 Å². The first-order valence-electron chi connectivity index (χ1n) is 5.80. The second-order valence-electron chi connectivity index (χ2n) is 4.29. The van der Waals surface area contributed by atoms with Gasteiger partial charge in [0.25, 0.3) is 0 Å². The molecule has 0 saturated carbocycles. The molecule has 2 rings (SSSR count). The molecule has 0 bridgehead atoms. The third kappa shape index (κ3) is 2.72. The van der Waals surface area contributed by atoms with Crippen LogP contribution in [0.5, 0.6) is 0 Å². The van der Waals surface area contributed by atoms with E-state index in [9.17, 15) is 0 Å². The molecule has 2 nitrogen and oxygen atoms in total. The van der Waals surface area contributed by atoms with Gasteiger partial charge in [-0.3, -0.25) is 0 Å². The van der Waals surface area contributed by atoms with E-state index in [4.69, 9.17) is 0 Å². The Hall–Kier alpha value is -1.57. The summed E-state index contributed by atoms with van der Waals surface area (Å²) in [4.78, 5) is 7.58. The van der Waals surface area contributed by atoms with Gasteiger partial charge in [-0.05, 0) is 37.8 Å². The molecule has 2 heteroatoms. The number of rotatable bonds is 4. The van der Waals surface area contributed by atoms with Gasteiger partial charge in [0, 0.05) is 18.3 Å². The average molecular weight is 214 g/mol. The van der Waals surface area contributed by atoms with Crippen molar-refractivity contribution in [1.29, 1.82) is 0 Å². The number of imidazole rings is 1. The molecule has 0 saturated heterocycles. The van der Waals surface area contributed by atoms with E-state index in [0.717, 1.165) is 30.8 Å². The van der Waals surface area contributed by atoms with Crippen molar-refractivity contribution in [2.45, 2.75) is 33.1 Å². The van der Waals surface area contributed by atoms with Gasteiger partial charge < -0.3 is 4.98 Å². The van der Waals surface area contributed by atoms with Crippen LogP contribution in [0, 0.1) is 13.8 Å². The molecular weight excluding hydrogens is 196 g/mol. The van der Waals surface area contributed by atoms with Gasteiger partial charge in [0.2, 0.25) is 0 Å². The molecule has 0 unspecified atom stereocenters. The molecule has 0 fully saturated rings. The number of nitrogens with one attached hydrogen (secondary N) is 1. The van der Waals surface area contributed by atoms with E-state index in [0.29, 0.717) is 0 Å². The van der Waals surface area contributed by atoms with Crippen LogP contribution in [0.2, 0.25) is 0 Å². The normalized spacial score (nSPS) is 10.6. The van der Waals surface area contributed by atoms with Crippen LogP contribution < -0.4 is 0 Å². The van der Waals surface area contributed by atoms with E-state index in [2.05, 4.69) is 41.2 Å². The summed E-state index contributed by atoms with van der Waals surface area (Å²) >= 11 is 0. The number of hydrogen-bond acceptors (Lipinski definition) is 1. The molecule has 1 aromatic heterocycles. The standard InChI is InChI=1S/C14H18N2/c1-11-6-3-4-7-13(11)8-5-9-14-15-10-12(2)16-14/h3-4,6-7,10H,5,8-9H2,1-2H3,(H,15,16). The maximum absolute atomic E-state index is 4.31. The predicted octanol–water partition coefficient (Wildman–Crippen LogP) is 3.20. The molecule has 84 valence electrons. The van der Waals surface area contributed by atoms with Gasteiger partial charge >= 0.3 is 0 Å². The number of nitrogens with zero attached hydrogens (tertiary/aromatic N) is 1. The van der Waals surface area contributed by atoms with Crippen molar-refractivity contribution < 1.29 is 0 Å². The Balaban J connectivity index is 1.87. The Morgan fingerprint density at radius 3 is 2.62 bits per heavy atom. The minimum Gasteiger partial charge on any atom is -0.346 e. The zero-order valence-electron chi connectivity index (χ0n) is 9.96. The highest BCUT2D eigenvalue weighted by atomic mass is 14.9. The summed E-state index contributed by atoms with van der Waals surface area (Å²) in [5, 5.41) is 0. The Labute approximate surface area is 96.7 Å². The Bertz CT molecular complexity index is 457. The number of aromatic nitrogens is 2. The summed E-state index contributed by atoms with van der Waals surface area (Å²) in [5.41, 5.74) is 3.98. The molecule has 2 aromatic rings. The van der Waals surface area contributed by atoms with Gasteiger partial charge in [-0.15, -0.1) is 0 Å². The van der Waals surface area contributed by atoms with Crippen molar-refractivity contribution >= 4 is 0 Å². The van der Waals surface area contributed by atoms with Crippen LogP contribution in [-0.4, -0.2) is 9.97 Å². The zero-order chi connectivity index (χ0) is 11.4. The van der Waals surface area contributed by atoms with Gasteiger partial charge in [0.1, 0.15) is 5.82 Å². The van der Waals surface area contributed by atoms with Crippen LogP contribution in [0.15, 0.2) is 30.5 Å². The summed E-state index contributed by atoms with van der Waals surface area (Å²) in [6.07, 6.45) is 5.20. The van der Waals surface area contributed by atoms with Crippen LogP contribution in [0.4, 0.5) is 0 Å². The third-order valence-electron chi connectivity index (χ3n) is 2.88. The van der Waals surface area contributed by atoms with Crippen LogP contribution in [0.3, 0.4) is 0 Å². The predicted molar refractivity (Wildman–Crippen MR) is 66.5 cm³/mol. The van der Waals surface area contributed by atoms with Gasteiger partial charge in [-0.25, -0.2) is 4.98 Å². The Morgan fingerprint density at radius 1 is 1.12 bits per heavy atom. The summed E-state index contributed by atoms with van der Waals surface area (Å²) in [6.45, 7) is 4.21. The fourth-order valence-electron chi connectivity index (χ4n) is 1.93. The van der Waals surface area contributed by atoms with Gasteiger partial charge in [0.05, 0.1) is 0 Å². The van der Waals surface area contributed by atoms with Crippen molar-refractivity contribution in [2.75, 3.05) is 0 Å². The van der Waals surface area contributed by atoms with Crippen molar-refractivity contribution in [3.8, 4) is 0 Å². The lowest BCUT2D eigenvalue weighted by Gasteiger charge is -2.04. The van der Waals surface area contributed by atoms with Crippen molar-refractivity contribution in [3.05, 3.63) is 53.1 Å². The lowest BCUT2D eigenvalue weighted by Crippen LogP contribution is -1.94. The molecule has 0 aliphatic carbocycles. The Morgan fingerprint density at radius 2 is 1.94 bits per heavy atom. The summed E-state index contributed by atoms with van der Waals surface area (Å²) < 4.78 is 0. The Kier molecular flexibility index (Phi) is 3.40. The number of aromatic amines is 1. The molecule has 1 heterocycles. The van der Waals surface area contributed by atoms with E-state index in [1.165, 1.54) is 11.1 Å². The van der Waals surface area contributed by atoms with E-state index in [1.54, 1.807) is 0 Å². The molecule has 1 N–H and O–H groups in total. The molecule has 0 amide bonds. The smallest absolute Gasteiger partial charge is 0.106 e. The first-order chi connectivity index (χ1) is 7.75. The molecule has 0 spiro atoms. The fourth-order valence-corrected chi connectivity index (χ4v) is 1.93. The molecule has 0 radical (unpaired) electrons. The summed E-state index contributed by atoms with van der Waals surface area (Å²) in [7, 11) is 0. The molecule has 1 aromatic carbocycles. The number of H-pyrrole nitrogens is 1. The minimum atomic E-state index is 1.03. The largest absolute Gasteiger partial charge is 0.346 e. The van der Waals surface area contributed by atoms with E-state index >= 15 is 0 Å². The van der Waals surface area contributed by atoms with Gasteiger partial charge in [-0.1, -0.05) is 24.3 Å². The highest BCUT2D eigenvalue weighted by Crippen LogP contribution is 2.11. The SMILES string of the molecule is Cc1cnc(CCCc2ccccc2C)[nH]1. The topological polar surface area (TPSA) is 28.7 Å². The minimum absolute atomic E-state index is 1.03. The molecular formula is C14H18N2. The van der Waals surface area contributed by atoms with Crippen molar-refractivity contribution in [2.24, 2.45) is 0 Å². The highest BCUT2D eigenvalue weighted by Gasteiger charge is 2.00. The van der Waals surface area contributed by atoms with Crippen molar-refractivity contribution in [1.82, 2.24) is 9.97 Å². The first kappa shape index (κ1) is 10.9. The van der Waals surface area contributed by atoms with E-state index < -0.39 is 0 Å². The van der Waals surface area contributed by atoms with Gasteiger partial charge in [-0.2, -0.15) is 0 Å². The first-order valence-corrected chi connectivity index (χ1v) is 5.80. The third-order valence-corrected chi connectivity index (χ3v) is 2.88. The summed E-state index contributed by atoms with van der Waals surface area (Å²) in [5.74, 6) is 1.10. The van der Waals surface area contributed by atoms with Crippen LogP contribution >= 0.6 is 0 Å². The van der Waals surface area contributed by atoms with Crippen LogP contribution in [0.1, 0.15) is 29.1 Å². The number of benzene rings is 1. The molecule has 0 aliphatic heterocycles. The number of hydrogen-bond donors (Lipinski definition) is 1. The van der Waals surface area contributed by atoms with Crippen LogP contribution in [0.25, 0.3) is 0 Å². The monoisotopic (exact) mass is 214 g/mol. The maximum Gasteiger partial charge on any atom is 0.106 e. The molecule has 0 aliphatic rings. The maximum atomic E-state index is 4.31.